The second-order valence-corrected chi connectivity index (χ2v) is 8.22. The summed E-state index contributed by atoms with van der Waals surface area (Å²) in [6, 6.07) is 9.95. The third kappa shape index (κ3) is 5.82. The summed E-state index contributed by atoms with van der Waals surface area (Å²) in [6.07, 6.45) is 3.96. The van der Waals surface area contributed by atoms with Gasteiger partial charge in [0.05, 0.1) is 11.7 Å². The molecule has 1 amide bonds. The second-order valence-electron chi connectivity index (χ2n) is 8.22. The molecule has 0 bridgehead atoms. The standard InChI is InChI=1S/C23H29F2N3O/c1-16(2)14-21(29)27-23(20-8-3-4-11-26-20)17-9-12-28(13-10-17)15-18-6-5-7-19(24)22(18)25/h3-8,11,16-17,23H,9-10,12-15H2,1-2H3,(H,27,29). The average molecular weight is 402 g/mol. The molecule has 29 heavy (non-hydrogen) atoms. The van der Waals surface area contributed by atoms with Crippen molar-refractivity contribution < 1.29 is 13.6 Å². The number of hydrogen-bond donors (Lipinski definition) is 1. The van der Waals surface area contributed by atoms with Gasteiger partial charge in [-0.1, -0.05) is 32.0 Å². The number of carbonyl (C=O) groups is 1. The lowest BCUT2D eigenvalue weighted by molar-refractivity contribution is -0.123. The van der Waals surface area contributed by atoms with E-state index in [9.17, 15) is 13.6 Å². The van der Waals surface area contributed by atoms with Crippen molar-refractivity contribution in [1.29, 1.82) is 0 Å². The van der Waals surface area contributed by atoms with Crippen LogP contribution in [0.15, 0.2) is 42.6 Å². The summed E-state index contributed by atoms with van der Waals surface area (Å²) < 4.78 is 27.4. The Kier molecular flexibility index (Phi) is 7.31. The molecule has 1 N–H and O–H groups in total. The van der Waals surface area contributed by atoms with E-state index in [2.05, 4.69) is 15.2 Å². The van der Waals surface area contributed by atoms with Crippen LogP contribution in [-0.4, -0.2) is 28.9 Å². The highest BCUT2D eigenvalue weighted by molar-refractivity contribution is 5.76. The zero-order valence-corrected chi connectivity index (χ0v) is 17.1. The van der Waals surface area contributed by atoms with Gasteiger partial charge in [-0.05, 0) is 56.0 Å². The Hall–Kier alpha value is -2.34. The van der Waals surface area contributed by atoms with Gasteiger partial charge in [-0.15, -0.1) is 0 Å². The van der Waals surface area contributed by atoms with Crippen molar-refractivity contribution in [3.63, 3.8) is 0 Å². The van der Waals surface area contributed by atoms with Crippen LogP contribution in [0.3, 0.4) is 0 Å². The molecule has 1 aliphatic heterocycles. The number of piperidine rings is 1. The number of nitrogens with one attached hydrogen (secondary N) is 1. The van der Waals surface area contributed by atoms with E-state index in [0.29, 0.717) is 24.4 Å². The van der Waals surface area contributed by atoms with E-state index < -0.39 is 11.6 Å². The molecule has 1 saturated heterocycles. The highest BCUT2D eigenvalue weighted by Crippen LogP contribution is 2.31. The maximum atomic E-state index is 14.0. The number of rotatable bonds is 7. The molecule has 0 aliphatic carbocycles. The summed E-state index contributed by atoms with van der Waals surface area (Å²) in [4.78, 5) is 19.0. The van der Waals surface area contributed by atoms with Gasteiger partial charge < -0.3 is 5.32 Å². The van der Waals surface area contributed by atoms with Crippen molar-refractivity contribution in [3.05, 3.63) is 65.5 Å². The molecule has 156 valence electrons. The Labute approximate surface area is 171 Å². The number of halogens is 2. The first-order chi connectivity index (χ1) is 13.9. The van der Waals surface area contributed by atoms with Crippen molar-refractivity contribution in [2.75, 3.05) is 13.1 Å². The SMILES string of the molecule is CC(C)CC(=O)NC(c1ccccn1)C1CCN(Cc2cccc(F)c2F)CC1. The van der Waals surface area contributed by atoms with Gasteiger partial charge in [0.1, 0.15) is 0 Å². The van der Waals surface area contributed by atoms with E-state index in [4.69, 9.17) is 0 Å². The molecule has 1 aliphatic rings. The van der Waals surface area contributed by atoms with Crippen LogP contribution in [0.4, 0.5) is 8.78 Å². The number of nitrogens with zero attached hydrogens (tertiary/aromatic N) is 2. The van der Waals surface area contributed by atoms with Gasteiger partial charge in [0.2, 0.25) is 5.91 Å². The van der Waals surface area contributed by atoms with E-state index in [-0.39, 0.29) is 17.9 Å². The Bertz CT molecular complexity index is 805. The number of likely N-dealkylation sites (tertiary alicyclic amines) is 1. The van der Waals surface area contributed by atoms with Crippen LogP contribution in [0, 0.1) is 23.5 Å². The van der Waals surface area contributed by atoms with Gasteiger partial charge >= 0.3 is 0 Å². The topological polar surface area (TPSA) is 45.2 Å². The second kappa shape index (κ2) is 9.92. The fourth-order valence-electron chi connectivity index (χ4n) is 3.95. The predicted octanol–water partition coefficient (Wildman–Crippen LogP) is 4.48. The number of aromatic nitrogens is 1. The monoisotopic (exact) mass is 401 g/mol. The van der Waals surface area contributed by atoms with E-state index in [1.807, 2.05) is 32.0 Å². The van der Waals surface area contributed by atoms with E-state index in [1.165, 1.54) is 0 Å². The molecule has 2 heterocycles. The Morgan fingerprint density at radius 3 is 2.59 bits per heavy atom. The van der Waals surface area contributed by atoms with Gasteiger partial charge in [0.25, 0.3) is 0 Å². The van der Waals surface area contributed by atoms with Crippen molar-refractivity contribution in [1.82, 2.24) is 15.2 Å². The molecule has 1 fully saturated rings. The zero-order valence-electron chi connectivity index (χ0n) is 17.1. The van der Waals surface area contributed by atoms with Gasteiger partial charge in [-0.2, -0.15) is 0 Å². The molecular weight excluding hydrogens is 372 g/mol. The van der Waals surface area contributed by atoms with Crippen molar-refractivity contribution in [2.45, 2.75) is 45.7 Å². The van der Waals surface area contributed by atoms with Crippen LogP contribution in [0.1, 0.15) is 50.4 Å². The molecule has 2 aromatic rings. The molecule has 4 nitrogen and oxygen atoms in total. The lowest BCUT2D eigenvalue weighted by Crippen LogP contribution is -2.41. The van der Waals surface area contributed by atoms with Crippen molar-refractivity contribution in [3.8, 4) is 0 Å². The summed E-state index contributed by atoms with van der Waals surface area (Å²) in [5.41, 5.74) is 1.26. The van der Waals surface area contributed by atoms with E-state index in [0.717, 1.165) is 37.7 Å². The third-order valence-corrected chi connectivity index (χ3v) is 5.45. The largest absolute Gasteiger partial charge is 0.347 e. The van der Waals surface area contributed by atoms with Crippen LogP contribution in [-0.2, 0) is 11.3 Å². The highest BCUT2D eigenvalue weighted by atomic mass is 19.2. The van der Waals surface area contributed by atoms with Gasteiger partial charge in [0, 0.05) is 24.7 Å². The van der Waals surface area contributed by atoms with Crippen LogP contribution in [0.2, 0.25) is 0 Å². The normalized spacial score (nSPS) is 16.7. The number of pyridine rings is 1. The Balaban J connectivity index is 1.65. The van der Waals surface area contributed by atoms with Crippen molar-refractivity contribution >= 4 is 5.91 Å². The highest BCUT2D eigenvalue weighted by Gasteiger charge is 2.30. The molecule has 0 saturated carbocycles. The summed E-state index contributed by atoms with van der Waals surface area (Å²) in [5, 5.41) is 3.19. The lowest BCUT2D eigenvalue weighted by Gasteiger charge is -2.36. The zero-order chi connectivity index (χ0) is 20.8. The fraction of sp³-hybridized carbons (Fsp3) is 0.478. The maximum Gasteiger partial charge on any atom is 0.220 e. The van der Waals surface area contributed by atoms with E-state index >= 15 is 0 Å². The minimum Gasteiger partial charge on any atom is -0.347 e. The first-order valence-electron chi connectivity index (χ1n) is 10.3. The number of carbonyl (C=O) groups excluding carboxylic acids is 1. The molecule has 1 aromatic heterocycles. The minimum absolute atomic E-state index is 0.0416. The quantitative estimate of drug-likeness (QED) is 0.744. The van der Waals surface area contributed by atoms with Crippen LogP contribution in [0.5, 0.6) is 0 Å². The first-order valence-corrected chi connectivity index (χ1v) is 10.3. The Morgan fingerprint density at radius 1 is 1.17 bits per heavy atom. The number of benzene rings is 1. The first kappa shape index (κ1) is 21.4. The van der Waals surface area contributed by atoms with Gasteiger partial charge in [-0.3, -0.25) is 14.7 Å². The molecule has 1 unspecified atom stereocenters. The summed E-state index contributed by atoms with van der Waals surface area (Å²) in [7, 11) is 0. The third-order valence-electron chi connectivity index (χ3n) is 5.45. The van der Waals surface area contributed by atoms with E-state index in [1.54, 1.807) is 18.3 Å². The summed E-state index contributed by atoms with van der Waals surface area (Å²) in [5.74, 6) is -0.973. The van der Waals surface area contributed by atoms with Gasteiger partial charge in [0.15, 0.2) is 11.6 Å². The van der Waals surface area contributed by atoms with Crippen LogP contribution >= 0.6 is 0 Å². The Morgan fingerprint density at radius 2 is 1.93 bits per heavy atom. The molecular formula is C23H29F2N3O. The maximum absolute atomic E-state index is 14.0. The molecule has 0 radical (unpaired) electrons. The average Bonchev–Trinajstić information content (AvgIpc) is 2.70. The van der Waals surface area contributed by atoms with Crippen LogP contribution in [0.25, 0.3) is 0 Å². The molecule has 1 aromatic carbocycles. The molecule has 0 spiro atoms. The fourth-order valence-corrected chi connectivity index (χ4v) is 3.95. The minimum atomic E-state index is -0.805. The predicted molar refractivity (Wildman–Crippen MR) is 109 cm³/mol. The lowest BCUT2D eigenvalue weighted by atomic mass is 9.87. The molecule has 6 heteroatoms. The number of amides is 1. The van der Waals surface area contributed by atoms with Gasteiger partial charge in [-0.25, -0.2) is 8.78 Å². The summed E-state index contributed by atoms with van der Waals surface area (Å²) >= 11 is 0. The summed E-state index contributed by atoms with van der Waals surface area (Å²) in [6.45, 7) is 5.98. The molecule has 3 rings (SSSR count). The number of hydrogen-bond acceptors (Lipinski definition) is 3. The smallest absolute Gasteiger partial charge is 0.220 e. The van der Waals surface area contributed by atoms with Crippen molar-refractivity contribution in [2.24, 2.45) is 11.8 Å². The van der Waals surface area contributed by atoms with Crippen LogP contribution < -0.4 is 5.32 Å². The molecule has 1 atom stereocenters.